The first kappa shape index (κ1) is 24.0. The summed E-state index contributed by atoms with van der Waals surface area (Å²) in [7, 11) is 1.64. The van der Waals surface area contributed by atoms with Crippen LogP contribution in [-0.2, 0) is 0 Å². The third kappa shape index (κ3) is 5.78. The quantitative estimate of drug-likeness (QED) is 0.339. The molecule has 0 bridgehead atoms. The first-order valence-electron chi connectivity index (χ1n) is 11.3. The van der Waals surface area contributed by atoms with E-state index in [4.69, 9.17) is 14.5 Å². The molecular formula is C25H33N3O3S. The molecular weight excluding hydrogens is 422 g/mol. The molecule has 0 aliphatic heterocycles. The van der Waals surface area contributed by atoms with Gasteiger partial charge in [-0.15, -0.1) is 0 Å². The van der Waals surface area contributed by atoms with Crippen molar-refractivity contribution in [2.75, 3.05) is 44.8 Å². The van der Waals surface area contributed by atoms with Crippen LogP contribution in [0.2, 0.25) is 0 Å². The van der Waals surface area contributed by atoms with Gasteiger partial charge in [0.1, 0.15) is 17.0 Å². The average Bonchev–Trinajstić information content (AvgIpc) is 3.26. The Kier molecular flexibility index (Phi) is 8.88. The number of rotatable bonds is 12. The number of methoxy groups -OCH3 is 1. The molecule has 0 N–H and O–H groups in total. The van der Waals surface area contributed by atoms with Gasteiger partial charge in [-0.05, 0) is 49.8 Å². The number of carbonyl (C=O) groups is 1. The zero-order chi connectivity index (χ0) is 22.9. The number of para-hydroxylation sites is 1. The van der Waals surface area contributed by atoms with Gasteiger partial charge >= 0.3 is 0 Å². The summed E-state index contributed by atoms with van der Waals surface area (Å²) in [6.07, 6.45) is 2.06. The lowest BCUT2D eigenvalue weighted by atomic mass is 10.2. The Labute approximate surface area is 194 Å². The Bertz CT molecular complexity index is 1020. The van der Waals surface area contributed by atoms with Crippen molar-refractivity contribution in [3.63, 3.8) is 0 Å². The summed E-state index contributed by atoms with van der Waals surface area (Å²) in [5, 5.41) is 0.680. The van der Waals surface area contributed by atoms with Crippen molar-refractivity contribution in [1.82, 2.24) is 9.88 Å². The van der Waals surface area contributed by atoms with Gasteiger partial charge < -0.3 is 14.4 Å². The van der Waals surface area contributed by atoms with Crippen molar-refractivity contribution in [2.24, 2.45) is 0 Å². The van der Waals surface area contributed by atoms with E-state index in [0.29, 0.717) is 29.6 Å². The first-order valence-corrected chi connectivity index (χ1v) is 12.1. The number of nitrogens with zero attached hydrogens (tertiary/aromatic N) is 3. The van der Waals surface area contributed by atoms with E-state index in [1.807, 2.05) is 42.5 Å². The Hall–Kier alpha value is -2.64. The highest BCUT2D eigenvalue weighted by Gasteiger charge is 2.23. The molecule has 7 heteroatoms. The molecule has 0 atom stereocenters. The molecule has 0 radical (unpaired) electrons. The summed E-state index contributed by atoms with van der Waals surface area (Å²) in [4.78, 5) is 22.5. The van der Waals surface area contributed by atoms with E-state index in [-0.39, 0.29) is 5.91 Å². The van der Waals surface area contributed by atoms with E-state index in [1.54, 1.807) is 12.0 Å². The summed E-state index contributed by atoms with van der Waals surface area (Å²) in [5.74, 6) is 1.36. The number of carbonyl (C=O) groups excluding carboxylic acids is 1. The Morgan fingerprint density at radius 1 is 1.06 bits per heavy atom. The molecule has 6 nitrogen and oxygen atoms in total. The Morgan fingerprint density at radius 2 is 1.84 bits per heavy atom. The van der Waals surface area contributed by atoms with Gasteiger partial charge in [0, 0.05) is 18.7 Å². The predicted octanol–water partition coefficient (Wildman–Crippen LogP) is 5.47. The van der Waals surface area contributed by atoms with Gasteiger partial charge in [-0.2, -0.15) is 0 Å². The topological polar surface area (TPSA) is 54.9 Å². The standard InChI is InChI=1S/C25H33N3O3S/c1-5-8-17-31-20-12-9-11-19(18-20)24(29)28(16-15-27(6-2)7-3)25-26-23-21(30-4)13-10-14-22(23)32-25/h9-14,18H,5-8,15-17H2,1-4H3. The molecule has 0 aliphatic carbocycles. The van der Waals surface area contributed by atoms with Crippen LogP contribution in [0.3, 0.4) is 0 Å². The molecule has 3 rings (SSSR count). The SMILES string of the molecule is CCCCOc1cccc(C(=O)N(CCN(CC)CC)c2nc3c(OC)cccc3s2)c1. The van der Waals surface area contributed by atoms with Gasteiger partial charge in [-0.1, -0.05) is 50.7 Å². The van der Waals surface area contributed by atoms with Gasteiger partial charge in [-0.25, -0.2) is 4.98 Å². The van der Waals surface area contributed by atoms with E-state index in [1.165, 1.54) is 11.3 Å². The first-order chi connectivity index (χ1) is 15.6. The zero-order valence-electron chi connectivity index (χ0n) is 19.5. The number of anilines is 1. The van der Waals surface area contributed by atoms with Crippen molar-refractivity contribution >= 4 is 32.6 Å². The third-order valence-electron chi connectivity index (χ3n) is 5.45. The van der Waals surface area contributed by atoms with Crippen molar-refractivity contribution in [2.45, 2.75) is 33.6 Å². The molecule has 1 amide bonds. The summed E-state index contributed by atoms with van der Waals surface area (Å²) in [6, 6.07) is 13.3. The van der Waals surface area contributed by atoms with Crippen LogP contribution in [0, 0.1) is 0 Å². The highest BCUT2D eigenvalue weighted by atomic mass is 32.1. The van der Waals surface area contributed by atoms with Crippen LogP contribution in [0.5, 0.6) is 11.5 Å². The number of unbranched alkanes of at least 4 members (excludes halogenated alkanes) is 1. The van der Waals surface area contributed by atoms with Crippen molar-refractivity contribution in [3.8, 4) is 11.5 Å². The molecule has 0 unspecified atom stereocenters. The summed E-state index contributed by atoms with van der Waals surface area (Å²) >= 11 is 1.51. The van der Waals surface area contributed by atoms with Gasteiger partial charge in [0.05, 0.1) is 18.4 Å². The lowest BCUT2D eigenvalue weighted by Gasteiger charge is -2.25. The minimum atomic E-state index is -0.0730. The lowest BCUT2D eigenvalue weighted by Crippen LogP contribution is -2.38. The van der Waals surface area contributed by atoms with E-state index in [2.05, 4.69) is 25.7 Å². The molecule has 0 saturated carbocycles. The molecule has 2 aromatic carbocycles. The van der Waals surface area contributed by atoms with Crippen molar-refractivity contribution < 1.29 is 14.3 Å². The normalized spacial score (nSPS) is 11.2. The van der Waals surface area contributed by atoms with E-state index < -0.39 is 0 Å². The Morgan fingerprint density at radius 3 is 2.56 bits per heavy atom. The molecule has 1 heterocycles. The van der Waals surface area contributed by atoms with Crippen LogP contribution in [-0.4, -0.2) is 55.7 Å². The van der Waals surface area contributed by atoms with Gasteiger partial charge in [0.15, 0.2) is 5.13 Å². The number of ether oxygens (including phenoxy) is 2. The average molecular weight is 456 g/mol. The smallest absolute Gasteiger partial charge is 0.260 e. The molecule has 0 saturated heterocycles. The number of hydrogen-bond acceptors (Lipinski definition) is 6. The fraction of sp³-hybridized carbons (Fsp3) is 0.440. The van der Waals surface area contributed by atoms with E-state index >= 15 is 0 Å². The fourth-order valence-electron chi connectivity index (χ4n) is 3.47. The largest absolute Gasteiger partial charge is 0.494 e. The van der Waals surface area contributed by atoms with E-state index in [0.717, 1.165) is 48.4 Å². The predicted molar refractivity (Wildman–Crippen MR) is 132 cm³/mol. The molecule has 1 aromatic heterocycles. The molecule has 0 aliphatic rings. The van der Waals surface area contributed by atoms with Crippen molar-refractivity contribution in [1.29, 1.82) is 0 Å². The summed E-state index contributed by atoms with van der Waals surface area (Å²) in [5.41, 5.74) is 1.39. The van der Waals surface area contributed by atoms with Crippen LogP contribution < -0.4 is 14.4 Å². The highest BCUT2D eigenvalue weighted by molar-refractivity contribution is 7.22. The van der Waals surface area contributed by atoms with Gasteiger partial charge in [0.2, 0.25) is 0 Å². The van der Waals surface area contributed by atoms with Crippen LogP contribution >= 0.6 is 11.3 Å². The summed E-state index contributed by atoms with van der Waals surface area (Å²) in [6.45, 7) is 10.3. The number of fused-ring (bicyclic) bond motifs is 1. The van der Waals surface area contributed by atoms with Crippen LogP contribution in [0.25, 0.3) is 10.2 Å². The van der Waals surface area contributed by atoms with Crippen molar-refractivity contribution in [3.05, 3.63) is 48.0 Å². The number of thiazole rings is 1. The van der Waals surface area contributed by atoms with Crippen LogP contribution in [0.4, 0.5) is 5.13 Å². The second-order valence-electron chi connectivity index (χ2n) is 7.52. The number of amides is 1. The van der Waals surface area contributed by atoms with Gasteiger partial charge in [0.25, 0.3) is 5.91 Å². The molecule has 0 fully saturated rings. The fourth-order valence-corrected chi connectivity index (χ4v) is 4.47. The Balaban J connectivity index is 1.92. The van der Waals surface area contributed by atoms with Crippen LogP contribution in [0.1, 0.15) is 44.0 Å². The van der Waals surface area contributed by atoms with Gasteiger partial charge in [-0.3, -0.25) is 9.69 Å². The highest BCUT2D eigenvalue weighted by Crippen LogP contribution is 2.34. The maximum absolute atomic E-state index is 13.6. The minimum absolute atomic E-state index is 0.0730. The minimum Gasteiger partial charge on any atom is -0.494 e. The molecule has 32 heavy (non-hydrogen) atoms. The van der Waals surface area contributed by atoms with Crippen LogP contribution in [0.15, 0.2) is 42.5 Å². The summed E-state index contributed by atoms with van der Waals surface area (Å²) < 4.78 is 12.3. The maximum atomic E-state index is 13.6. The maximum Gasteiger partial charge on any atom is 0.260 e. The number of likely N-dealkylation sites (N-methyl/N-ethyl adjacent to an activating group) is 1. The second kappa shape index (κ2) is 11.8. The molecule has 172 valence electrons. The lowest BCUT2D eigenvalue weighted by molar-refractivity contribution is 0.0983. The number of aromatic nitrogens is 1. The molecule has 3 aromatic rings. The van der Waals surface area contributed by atoms with E-state index in [9.17, 15) is 4.79 Å². The zero-order valence-corrected chi connectivity index (χ0v) is 20.3. The number of benzene rings is 2. The molecule has 0 spiro atoms. The third-order valence-corrected chi connectivity index (χ3v) is 6.49. The monoisotopic (exact) mass is 455 g/mol. The second-order valence-corrected chi connectivity index (χ2v) is 8.53. The number of hydrogen-bond donors (Lipinski definition) is 0.